The van der Waals surface area contributed by atoms with Crippen LogP contribution in [-0.4, -0.2) is 37.8 Å². The molecule has 0 spiro atoms. The van der Waals surface area contributed by atoms with Gasteiger partial charge in [-0.25, -0.2) is 0 Å². The molecule has 15 heavy (non-hydrogen) atoms. The number of ether oxygens (including phenoxy) is 1. The minimum atomic E-state index is -4.54. The fourth-order valence-corrected chi connectivity index (χ4v) is 1.18. The number of aliphatic hydroxyl groups is 1. The van der Waals surface area contributed by atoms with Crippen LogP contribution >= 0.6 is 0 Å². The highest BCUT2D eigenvalue weighted by Gasteiger charge is 2.28. The maximum atomic E-state index is 11.5. The van der Waals surface area contributed by atoms with Crippen molar-refractivity contribution in [3.63, 3.8) is 0 Å². The first-order valence-corrected chi connectivity index (χ1v) is 5.01. The van der Waals surface area contributed by atoms with Gasteiger partial charge in [-0.3, -0.25) is 4.74 Å². The third kappa shape index (κ3) is 9.96. The van der Waals surface area contributed by atoms with Gasteiger partial charge < -0.3 is 10.4 Å². The van der Waals surface area contributed by atoms with Crippen LogP contribution in [-0.2, 0) is 4.74 Å². The summed E-state index contributed by atoms with van der Waals surface area (Å²) in [6.07, 6.45) is -2.98. The predicted molar refractivity (Wildman–Crippen MR) is 50.4 cm³/mol. The van der Waals surface area contributed by atoms with E-state index >= 15 is 0 Å². The highest BCUT2D eigenvalue weighted by atomic mass is 19.4. The van der Waals surface area contributed by atoms with Gasteiger partial charge in [-0.1, -0.05) is 13.3 Å². The van der Waals surface area contributed by atoms with Gasteiger partial charge in [0.1, 0.15) is 0 Å². The molecule has 92 valence electrons. The lowest BCUT2D eigenvalue weighted by atomic mass is 10.0. The molecule has 0 amide bonds. The Kier molecular flexibility index (Phi) is 7.72. The van der Waals surface area contributed by atoms with E-state index in [0.29, 0.717) is 18.9 Å². The van der Waals surface area contributed by atoms with Gasteiger partial charge in [0.15, 0.2) is 0 Å². The monoisotopic (exact) mass is 229 g/mol. The average Bonchev–Trinajstić information content (AvgIpc) is 2.14. The van der Waals surface area contributed by atoms with Crippen molar-refractivity contribution in [1.82, 2.24) is 5.32 Å². The Morgan fingerprint density at radius 1 is 1.40 bits per heavy atom. The second-order valence-corrected chi connectivity index (χ2v) is 3.28. The Balaban J connectivity index is 3.36. The van der Waals surface area contributed by atoms with Crippen LogP contribution in [0.4, 0.5) is 13.2 Å². The molecule has 0 aliphatic rings. The summed E-state index contributed by atoms with van der Waals surface area (Å²) in [7, 11) is 0. The smallest absolute Gasteiger partial charge is 0.396 e. The molecule has 0 aromatic heterocycles. The predicted octanol–water partition coefficient (Wildman–Crippen LogP) is 1.52. The lowest BCUT2D eigenvalue weighted by Crippen LogP contribution is -2.28. The SMILES string of the molecule is CCC(CCO)CNCCOC(F)(F)F. The van der Waals surface area contributed by atoms with Gasteiger partial charge in [0.05, 0.1) is 6.61 Å². The zero-order chi connectivity index (χ0) is 11.7. The van der Waals surface area contributed by atoms with Crippen LogP contribution < -0.4 is 5.32 Å². The largest absolute Gasteiger partial charge is 0.522 e. The number of aliphatic hydroxyl groups excluding tert-OH is 1. The molecule has 0 aromatic carbocycles. The third-order valence-electron chi connectivity index (χ3n) is 2.09. The quantitative estimate of drug-likeness (QED) is 0.620. The zero-order valence-corrected chi connectivity index (χ0v) is 8.81. The maximum absolute atomic E-state index is 11.5. The Hall–Kier alpha value is -0.330. The molecular weight excluding hydrogens is 211 g/mol. The molecule has 0 saturated carbocycles. The van der Waals surface area contributed by atoms with Crippen molar-refractivity contribution in [2.45, 2.75) is 26.1 Å². The van der Waals surface area contributed by atoms with Gasteiger partial charge >= 0.3 is 6.36 Å². The van der Waals surface area contributed by atoms with E-state index in [4.69, 9.17) is 5.11 Å². The van der Waals surface area contributed by atoms with Crippen molar-refractivity contribution in [2.75, 3.05) is 26.3 Å². The second-order valence-electron chi connectivity index (χ2n) is 3.28. The van der Waals surface area contributed by atoms with Crippen LogP contribution in [0.1, 0.15) is 19.8 Å². The van der Waals surface area contributed by atoms with Crippen LogP contribution in [0.5, 0.6) is 0 Å². The first kappa shape index (κ1) is 14.7. The summed E-state index contributed by atoms with van der Waals surface area (Å²) in [5, 5.41) is 11.5. The van der Waals surface area contributed by atoms with Crippen LogP contribution in [0, 0.1) is 5.92 Å². The Bertz CT molecular complexity index is 153. The molecule has 6 heteroatoms. The number of alkyl halides is 3. The molecule has 0 fully saturated rings. The van der Waals surface area contributed by atoms with E-state index in [1.165, 1.54) is 0 Å². The van der Waals surface area contributed by atoms with Gasteiger partial charge in [-0.05, 0) is 18.9 Å². The van der Waals surface area contributed by atoms with Crippen LogP contribution in [0.3, 0.4) is 0 Å². The van der Waals surface area contributed by atoms with Crippen LogP contribution in [0.2, 0.25) is 0 Å². The lowest BCUT2D eigenvalue weighted by Gasteiger charge is -2.14. The Morgan fingerprint density at radius 2 is 2.07 bits per heavy atom. The fourth-order valence-electron chi connectivity index (χ4n) is 1.18. The molecule has 0 saturated heterocycles. The van der Waals surface area contributed by atoms with E-state index in [1.807, 2.05) is 6.92 Å². The van der Waals surface area contributed by atoms with E-state index in [-0.39, 0.29) is 19.8 Å². The standard InChI is InChI=1S/C9H18F3NO2/c1-2-8(3-5-14)7-13-4-6-15-9(10,11)12/h8,13-14H,2-7H2,1H3. The number of hydrogen-bond donors (Lipinski definition) is 2. The van der Waals surface area contributed by atoms with E-state index in [9.17, 15) is 13.2 Å². The summed E-state index contributed by atoms with van der Waals surface area (Å²) in [5.74, 6) is 0.306. The third-order valence-corrected chi connectivity index (χ3v) is 2.09. The van der Waals surface area contributed by atoms with E-state index < -0.39 is 6.36 Å². The molecule has 0 radical (unpaired) electrons. The second kappa shape index (κ2) is 7.90. The molecular formula is C9H18F3NO2. The molecule has 3 nitrogen and oxygen atoms in total. The summed E-state index contributed by atoms with van der Waals surface area (Å²) in [6.45, 7) is 2.49. The molecule has 1 unspecified atom stereocenters. The normalized spacial score (nSPS) is 14.2. The molecule has 0 aliphatic heterocycles. The molecule has 2 N–H and O–H groups in total. The van der Waals surface area contributed by atoms with Crippen molar-refractivity contribution in [2.24, 2.45) is 5.92 Å². The lowest BCUT2D eigenvalue weighted by molar-refractivity contribution is -0.323. The Labute approximate surface area is 87.6 Å². The minimum absolute atomic E-state index is 0.110. The number of rotatable bonds is 8. The minimum Gasteiger partial charge on any atom is -0.396 e. The highest BCUT2D eigenvalue weighted by Crippen LogP contribution is 2.15. The summed E-state index contributed by atoms with van der Waals surface area (Å²) in [4.78, 5) is 0. The van der Waals surface area contributed by atoms with E-state index in [0.717, 1.165) is 6.42 Å². The Morgan fingerprint density at radius 3 is 2.53 bits per heavy atom. The van der Waals surface area contributed by atoms with Gasteiger partial charge in [0, 0.05) is 13.2 Å². The fraction of sp³-hybridized carbons (Fsp3) is 1.00. The molecule has 0 rings (SSSR count). The molecule has 0 aromatic rings. The maximum Gasteiger partial charge on any atom is 0.522 e. The zero-order valence-electron chi connectivity index (χ0n) is 8.81. The van der Waals surface area contributed by atoms with Crippen LogP contribution in [0.15, 0.2) is 0 Å². The van der Waals surface area contributed by atoms with E-state index in [2.05, 4.69) is 10.1 Å². The summed E-state index contributed by atoms with van der Waals surface area (Å²) < 4.78 is 38.2. The first-order valence-electron chi connectivity index (χ1n) is 5.01. The van der Waals surface area contributed by atoms with Crippen molar-refractivity contribution in [3.8, 4) is 0 Å². The van der Waals surface area contributed by atoms with Gasteiger partial charge in [0.25, 0.3) is 0 Å². The van der Waals surface area contributed by atoms with Gasteiger partial charge in [-0.2, -0.15) is 0 Å². The van der Waals surface area contributed by atoms with Gasteiger partial charge in [0.2, 0.25) is 0 Å². The summed E-state index contributed by atoms with van der Waals surface area (Å²) in [5.41, 5.74) is 0. The van der Waals surface area contributed by atoms with E-state index in [1.54, 1.807) is 0 Å². The van der Waals surface area contributed by atoms with Crippen molar-refractivity contribution in [3.05, 3.63) is 0 Å². The summed E-state index contributed by atoms with van der Waals surface area (Å²) in [6, 6.07) is 0. The first-order chi connectivity index (χ1) is 6.99. The van der Waals surface area contributed by atoms with Crippen molar-refractivity contribution in [1.29, 1.82) is 0 Å². The molecule has 0 aliphatic carbocycles. The van der Waals surface area contributed by atoms with Crippen molar-refractivity contribution < 1.29 is 23.0 Å². The molecule has 1 atom stereocenters. The number of hydrogen-bond acceptors (Lipinski definition) is 3. The number of nitrogens with one attached hydrogen (secondary N) is 1. The van der Waals surface area contributed by atoms with Crippen molar-refractivity contribution >= 4 is 0 Å². The average molecular weight is 229 g/mol. The highest BCUT2D eigenvalue weighted by molar-refractivity contribution is 4.60. The molecule has 0 heterocycles. The van der Waals surface area contributed by atoms with Crippen LogP contribution in [0.25, 0.3) is 0 Å². The molecule has 0 bridgehead atoms. The summed E-state index contributed by atoms with van der Waals surface area (Å²) >= 11 is 0. The number of halogens is 3. The van der Waals surface area contributed by atoms with Gasteiger partial charge in [-0.15, -0.1) is 13.2 Å². The topological polar surface area (TPSA) is 41.5 Å².